The zero-order chi connectivity index (χ0) is 23.4. The molecule has 33 heavy (non-hydrogen) atoms. The van der Waals surface area contributed by atoms with E-state index in [2.05, 4.69) is 16.0 Å². The zero-order valence-electron chi connectivity index (χ0n) is 18.8. The summed E-state index contributed by atoms with van der Waals surface area (Å²) in [4.78, 5) is 7.78. The van der Waals surface area contributed by atoms with Crippen LogP contribution < -0.4 is 9.47 Å². The highest BCUT2D eigenvalue weighted by atomic mass is 35.5. The van der Waals surface area contributed by atoms with Gasteiger partial charge in [-0.15, -0.1) is 0 Å². The number of benzene rings is 3. The fourth-order valence-electron chi connectivity index (χ4n) is 3.49. The molecule has 1 N–H and O–H groups in total. The summed E-state index contributed by atoms with van der Waals surface area (Å²) in [7, 11) is 0. The molecule has 0 saturated carbocycles. The summed E-state index contributed by atoms with van der Waals surface area (Å²) in [5.74, 6) is 1.52. The average molecular weight is 458 g/mol. The molecule has 0 radical (unpaired) electrons. The average Bonchev–Trinajstić information content (AvgIpc) is 3.21. The lowest BCUT2D eigenvalue weighted by molar-refractivity contribution is 0.269. The number of halogens is 1. The van der Waals surface area contributed by atoms with E-state index >= 15 is 0 Å². The van der Waals surface area contributed by atoms with Gasteiger partial charge in [-0.25, -0.2) is 4.98 Å². The van der Waals surface area contributed by atoms with E-state index in [1.165, 1.54) is 5.56 Å². The van der Waals surface area contributed by atoms with Crippen LogP contribution in [0, 0.1) is 25.2 Å². The number of nitrogens with one attached hydrogen (secondary N) is 1. The predicted octanol–water partition coefficient (Wildman–Crippen LogP) is 6.88. The minimum absolute atomic E-state index is 0.372. The van der Waals surface area contributed by atoms with Crippen molar-refractivity contribution in [1.82, 2.24) is 9.97 Å². The van der Waals surface area contributed by atoms with Crippen molar-refractivity contribution in [1.29, 1.82) is 5.26 Å². The van der Waals surface area contributed by atoms with Gasteiger partial charge < -0.3 is 14.5 Å². The number of aryl methyl sites for hydroxylation is 2. The number of H-pyrrole nitrogens is 1. The minimum Gasteiger partial charge on any atom is -0.490 e. The molecule has 5 nitrogen and oxygen atoms in total. The summed E-state index contributed by atoms with van der Waals surface area (Å²) < 4.78 is 11.8. The van der Waals surface area contributed by atoms with Gasteiger partial charge in [-0.1, -0.05) is 47.5 Å². The molecule has 0 saturated heterocycles. The third-order valence-corrected chi connectivity index (χ3v) is 5.44. The number of allylic oxidation sites excluding steroid dienone is 1. The summed E-state index contributed by atoms with van der Waals surface area (Å²) in [6.45, 7) is 6.79. The number of fused-ring (bicyclic) bond motifs is 1. The molecule has 0 spiro atoms. The number of hydrogen-bond donors (Lipinski definition) is 1. The van der Waals surface area contributed by atoms with Crippen molar-refractivity contribution in [3.05, 3.63) is 87.7 Å². The second-order valence-electron chi connectivity index (χ2n) is 7.81. The van der Waals surface area contributed by atoms with Gasteiger partial charge in [0.2, 0.25) is 0 Å². The van der Waals surface area contributed by atoms with Gasteiger partial charge in [-0.05, 0) is 67.8 Å². The number of hydrogen-bond acceptors (Lipinski definition) is 4. The number of ether oxygens (including phenoxy) is 2. The van der Waals surface area contributed by atoms with E-state index in [4.69, 9.17) is 21.1 Å². The predicted molar refractivity (Wildman–Crippen MR) is 132 cm³/mol. The highest BCUT2D eigenvalue weighted by molar-refractivity contribution is 6.32. The summed E-state index contributed by atoms with van der Waals surface area (Å²) in [6, 6.07) is 19.9. The Kier molecular flexibility index (Phi) is 6.67. The molecular weight excluding hydrogens is 434 g/mol. The van der Waals surface area contributed by atoms with Crippen LogP contribution >= 0.6 is 11.6 Å². The standard InChI is InChI=1S/C27H24ClN3O2/c1-4-32-25-14-20(13-22(28)26(25)33-16-19-8-5-17(2)6-9-19)12-21(15-29)27-30-23-10-7-18(3)11-24(23)31-27/h5-14H,4,16H2,1-3H3,(H,30,31)/b21-12-. The van der Waals surface area contributed by atoms with Gasteiger partial charge >= 0.3 is 0 Å². The van der Waals surface area contributed by atoms with E-state index in [-0.39, 0.29) is 0 Å². The number of rotatable bonds is 7. The molecule has 1 heterocycles. The van der Waals surface area contributed by atoms with Crippen molar-refractivity contribution in [3.8, 4) is 17.6 Å². The van der Waals surface area contributed by atoms with Crippen LogP contribution in [0.4, 0.5) is 0 Å². The lowest BCUT2D eigenvalue weighted by atomic mass is 10.1. The lowest BCUT2D eigenvalue weighted by Crippen LogP contribution is -2.01. The van der Waals surface area contributed by atoms with E-state index in [0.29, 0.717) is 41.1 Å². The van der Waals surface area contributed by atoms with E-state index in [0.717, 1.165) is 27.7 Å². The Labute approximate surface area is 198 Å². The molecule has 0 amide bonds. The van der Waals surface area contributed by atoms with Crippen LogP contribution in [0.1, 0.15) is 35.0 Å². The Morgan fingerprint density at radius 1 is 1.06 bits per heavy atom. The maximum Gasteiger partial charge on any atom is 0.180 e. The van der Waals surface area contributed by atoms with E-state index in [9.17, 15) is 5.26 Å². The number of aromatic nitrogens is 2. The first kappa shape index (κ1) is 22.4. The maximum atomic E-state index is 9.78. The van der Waals surface area contributed by atoms with Crippen LogP contribution in [0.3, 0.4) is 0 Å². The molecule has 0 atom stereocenters. The van der Waals surface area contributed by atoms with Crippen molar-refractivity contribution < 1.29 is 9.47 Å². The first-order valence-electron chi connectivity index (χ1n) is 10.7. The quantitative estimate of drug-likeness (QED) is 0.307. The molecule has 4 rings (SSSR count). The van der Waals surface area contributed by atoms with Crippen LogP contribution in [0.2, 0.25) is 5.02 Å². The Morgan fingerprint density at radius 2 is 1.82 bits per heavy atom. The summed E-state index contributed by atoms with van der Waals surface area (Å²) in [5.41, 5.74) is 6.17. The fraction of sp³-hybridized carbons (Fsp3) is 0.185. The van der Waals surface area contributed by atoms with Gasteiger partial charge in [0, 0.05) is 0 Å². The van der Waals surface area contributed by atoms with Gasteiger partial charge in [0.05, 0.1) is 28.2 Å². The van der Waals surface area contributed by atoms with Crippen LogP contribution in [0.15, 0.2) is 54.6 Å². The summed E-state index contributed by atoms with van der Waals surface area (Å²) in [6.07, 6.45) is 1.74. The van der Waals surface area contributed by atoms with Crippen molar-refractivity contribution >= 4 is 34.3 Å². The molecule has 3 aromatic carbocycles. The number of imidazole rings is 1. The zero-order valence-corrected chi connectivity index (χ0v) is 19.5. The second kappa shape index (κ2) is 9.81. The van der Waals surface area contributed by atoms with Crippen molar-refractivity contribution in [3.63, 3.8) is 0 Å². The monoisotopic (exact) mass is 457 g/mol. The van der Waals surface area contributed by atoms with Gasteiger partial charge in [0.1, 0.15) is 18.5 Å². The molecule has 166 valence electrons. The molecule has 1 aromatic heterocycles. The van der Waals surface area contributed by atoms with Crippen LogP contribution in [0.5, 0.6) is 11.5 Å². The van der Waals surface area contributed by atoms with Crippen molar-refractivity contribution in [2.45, 2.75) is 27.4 Å². The highest BCUT2D eigenvalue weighted by Crippen LogP contribution is 2.38. The third-order valence-electron chi connectivity index (χ3n) is 5.16. The molecular formula is C27H24ClN3O2. The first-order valence-corrected chi connectivity index (χ1v) is 11.1. The van der Waals surface area contributed by atoms with Crippen molar-refractivity contribution in [2.24, 2.45) is 0 Å². The van der Waals surface area contributed by atoms with Crippen LogP contribution in [-0.4, -0.2) is 16.6 Å². The minimum atomic E-state index is 0.372. The smallest absolute Gasteiger partial charge is 0.180 e. The van der Waals surface area contributed by atoms with E-state index in [1.807, 2.05) is 69.3 Å². The maximum absolute atomic E-state index is 9.78. The summed E-state index contributed by atoms with van der Waals surface area (Å²) >= 11 is 6.58. The highest BCUT2D eigenvalue weighted by Gasteiger charge is 2.14. The molecule has 0 unspecified atom stereocenters. The van der Waals surface area contributed by atoms with Crippen LogP contribution in [0.25, 0.3) is 22.7 Å². The molecule has 0 bridgehead atoms. The van der Waals surface area contributed by atoms with Gasteiger partial charge in [0.25, 0.3) is 0 Å². The van der Waals surface area contributed by atoms with E-state index in [1.54, 1.807) is 12.1 Å². The lowest BCUT2D eigenvalue weighted by Gasteiger charge is -2.15. The normalized spacial score (nSPS) is 11.4. The Bertz CT molecular complexity index is 1360. The van der Waals surface area contributed by atoms with Gasteiger partial charge in [-0.2, -0.15) is 5.26 Å². The SMILES string of the molecule is CCOc1cc(/C=C(/C#N)c2nc3ccc(C)cc3[nH]2)cc(Cl)c1OCc1ccc(C)cc1. The second-order valence-corrected chi connectivity index (χ2v) is 8.22. The van der Waals surface area contributed by atoms with Crippen LogP contribution in [-0.2, 0) is 6.61 Å². The Hall–Kier alpha value is -3.75. The number of nitrogens with zero attached hydrogens (tertiary/aromatic N) is 2. The molecule has 0 aliphatic carbocycles. The molecule has 0 aliphatic heterocycles. The fourth-order valence-corrected chi connectivity index (χ4v) is 3.76. The Morgan fingerprint density at radius 3 is 2.55 bits per heavy atom. The summed E-state index contributed by atoms with van der Waals surface area (Å²) in [5, 5.41) is 10.2. The number of aromatic amines is 1. The molecule has 0 fully saturated rings. The third kappa shape index (κ3) is 5.19. The van der Waals surface area contributed by atoms with Gasteiger partial charge in [-0.3, -0.25) is 0 Å². The number of nitriles is 1. The Balaban J connectivity index is 1.65. The van der Waals surface area contributed by atoms with Crippen molar-refractivity contribution in [2.75, 3.05) is 6.61 Å². The largest absolute Gasteiger partial charge is 0.490 e. The molecule has 6 heteroatoms. The first-order chi connectivity index (χ1) is 16.0. The molecule has 0 aliphatic rings. The topological polar surface area (TPSA) is 70.9 Å². The van der Waals surface area contributed by atoms with E-state index < -0.39 is 0 Å². The molecule has 4 aromatic rings. The van der Waals surface area contributed by atoms with Gasteiger partial charge in [0.15, 0.2) is 11.5 Å².